The van der Waals surface area contributed by atoms with Crippen molar-refractivity contribution in [2.24, 2.45) is 11.8 Å². The van der Waals surface area contributed by atoms with E-state index >= 15 is 0 Å². The van der Waals surface area contributed by atoms with Crippen LogP contribution < -0.4 is 9.47 Å². The molecule has 0 saturated carbocycles. The lowest BCUT2D eigenvalue weighted by Gasteiger charge is -2.29. The zero-order valence-electron chi connectivity index (χ0n) is 9.59. The smallest absolute Gasteiger partial charge is 0.309 e. The Balaban J connectivity index is 1.82. The molecule has 2 heterocycles. The summed E-state index contributed by atoms with van der Waals surface area (Å²) in [5, 5.41) is 10.4. The molecule has 0 spiro atoms. The maximum atomic E-state index is 11.6. The zero-order chi connectivity index (χ0) is 12.3. The SMILES string of the molecule is O=C1OC[C@@H]2[C@H](O)c3cc4c(cc3C[C@@H]12)OCO4. The second-order valence-corrected chi connectivity index (χ2v) is 4.95. The Morgan fingerprint density at radius 2 is 1.94 bits per heavy atom. The number of rotatable bonds is 0. The predicted molar refractivity (Wildman–Crippen MR) is 59.2 cm³/mol. The summed E-state index contributed by atoms with van der Waals surface area (Å²) >= 11 is 0. The van der Waals surface area contributed by atoms with E-state index in [0.717, 1.165) is 11.1 Å². The molecule has 2 aliphatic heterocycles. The van der Waals surface area contributed by atoms with Crippen LogP contribution in [0.2, 0.25) is 0 Å². The molecule has 0 radical (unpaired) electrons. The summed E-state index contributed by atoms with van der Waals surface area (Å²) in [5.41, 5.74) is 1.78. The first-order chi connectivity index (χ1) is 8.74. The van der Waals surface area contributed by atoms with Crippen molar-refractivity contribution in [3.05, 3.63) is 23.3 Å². The average Bonchev–Trinajstić information content (AvgIpc) is 2.95. The van der Waals surface area contributed by atoms with Crippen LogP contribution in [-0.4, -0.2) is 24.5 Å². The predicted octanol–water partition coefficient (Wildman–Crippen LogP) is 0.794. The van der Waals surface area contributed by atoms with Gasteiger partial charge in [-0.05, 0) is 29.7 Å². The largest absolute Gasteiger partial charge is 0.465 e. The molecule has 1 aromatic rings. The molecule has 94 valence electrons. The van der Waals surface area contributed by atoms with Crippen LogP contribution in [0.3, 0.4) is 0 Å². The molecule has 3 aliphatic rings. The van der Waals surface area contributed by atoms with Crippen molar-refractivity contribution in [2.45, 2.75) is 12.5 Å². The summed E-state index contributed by atoms with van der Waals surface area (Å²) in [6, 6.07) is 3.68. The van der Waals surface area contributed by atoms with Gasteiger partial charge in [0.1, 0.15) is 0 Å². The van der Waals surface area contributed by atoms with Crippen molar-refractivity contribution in [1.82, 2.24) is 0 Å². The second kappa shape index (κ2) is 3.38. The standard InChI is InChI=1S/C13H12O5/c14-12-7-3-11-10(17-5-18-11)2-6(7)1-8-9(12)4-16-13(8)15/h2-3,8-9,12,14H,1,4-5H2/t8-,9+,12-/m1/s1. The van der Waals surface area contributed by atoms with Crippen LogP contribution in [0.15, 0.2) is 12.1 Å². The van der Waals surface area contributed by atoms with Crippen molar-refractivity contribution >= 4 is 5.97 Å². The number of carbonyl (C=O) groups excluding carboxylic acids is 1. The maximum Gasteiger partial charge on any atom is 0.309 e. The number of hydrogen-bond acceptors (Lipinski definition) is 5. The molecule has 5 heteroatoms. The number of ether oxygens (including phenoxy) is 3. The van der Waals surface area contributed by atoms with E-state index in [1.807, 2.05) is 12.1 Å². The molecule has 0 bridgehead atoms. The molecular weight excluding hydrogens is 236 g/mol. The van der Waals surface area contributed by atoms with E-state index in [4.69, 9.17) is 14.2 Å². The molecule has 0 unspecified atom stereocenters. The number of aliphatic hydroxyl groups excluding tert-OH is 1. The first-order valence-electron chi connectivity index (χ1n) is 6.01. The van der Waals surface area contributed by atoms with Crippen molar-refractivity contribution < 1.29 is 24.1 Å². The quantitative estimate of drug-likeness (QED) is 0.688. The van der Waals surface area contributed by atoms with Gasteiger partial charge in [0.05, 0.1) is 18.6 Å². The van der Waals surface area contributed by atoms with Gasteiger partial charge in [-0.25, -0.2) is 0 Å². The third-order valence-corrected chi connectivity index (χ3v) is 4.04. The minimum Gasteiger partial charge on any atom is -0.465 e. The fraction of sp³-hybridized carbons (Fsp3) is 0.462. The normalized spacial score (nSPS) is 31.8. The lowest BCUT2D eigenvalue weighted by atomic mass is 9.75. The molecule has 1 aliphatic carbocycles. The van der Waals surface area contributed by atoms with Crippen LogP contribution in [0.4, 0.5) is 0 Å². The fourth-order valence-corrected chi connectivity index (χ4v) is 3.04. The topological polar surface area (TPSA) is 65.0 Å². The molecule has 1 saturated heterocycles. The number of aliphatic hydroxyl groups is 1. The molecule has 0 amide bonds. The van der Waals surface area contributed by atoms with Gasteiger partial charge < -0.3 is 19.3 Å². The minimum atomic E-state index is -0.667. The van der Waals surface area contributed by atoms with E-state index in [9.17, 15) is 9.90 Å². The zero-order valence-corrected chi connectivity index (χ0v) is 9.59. The lowest BCUT2D eigenvalue weighted by Crippen LogP contribution is -2.30. The summed E-state index contributed by atoms with van der Waals surface area (Å²) in [4.78, 5) is 11.6. The highest BCUT2D eigenvalue weighted by atomic mass is 16.7. The molecule has 0 aromatic heterocycles. The Kier molecular flexibility index (Phi) is 1.92. The highest BCUT2D eigenvalue weighted by Gasteiger charge is 2.46. The fourth-order valence-electron chi connectivity index (χ4n) is 3.04. The Morgan fingerprint density at radius 1 is 1.17 bits per heavy atom. The van der Waals surface area contributed by atoms with Crippen LogP contribution in [0.25, 0.3) is 0 Å². The Labute approximate surface area is 103 Å². The van der Waals surface area contributed by atoms with Crippen molar-refractivity contribution in [1.29, 1.82) is 0 Å². The van der Waals surface area contributed by atoms with E-state index in [1.165, 1.54) is 0 Å². The highest BCUT2D eigenvalue weighted by Crippen LogP contribution is 2.46. The molecule has 1 fully saturated rings. The van der Waals surface area contributed by atoms with Crippen LogP contribution in [-0.2, 0) is 16.0 Å². The first kappa shape index (κ1) is 10.2. The number of fused-ring (bicyclic) bond motifs is 3. The van der Waals surface area contributed by atoms with Gasteiger partial charge in [0.2, 0.25) is 6.79 Å². The monoisotopic (exact) mass is 248 g/mol. The van der Waals surface area contributed by atoms with Gasteiger partial charge in [-0.3, -0.25) is 4.79 Å². The van der Waals surface area contributed by atoms with E-state index in [1.54, 1.807) is 0 Å². The summed E-state index contributed by atoms with van der Waals surface area (Å²) in [7, 11) is 0. The molecular formula is C13H12O5. The van der Waals surface area contributed by atoms with Crippen LogP contribution in [0, 0.1) is 11.8 Å². The summed E-state index contributed by atoms with van der Waals surface area (Å²) < 4.78 is 15.7. The van der Waals surface area contributed by atoms with Gasteiger partial charge in [0.25, 0.3) is 0 Å². The highest BCUT2D eigenvalue weighted by molar-refractivity contribution is 5.76. The van der Waals surface area contributed by atoms with Gasteiger partial charge in [-0.15, -0.1) is 0 Å². The lowest BCUT2D eigenvalue weighted by molar-refractivity contribution is -0.141. The molecule has 3 atom stereocenters. The Morgan fingerprint density at radius 3 is 2.78 bits per heavy atom. The third-order valence-electron chi connectivity index (χ3n) is 4.04. The maximum absolute atomic E-state index is 11.6. The average molecular weight is 248 g/mol. The van der Waals surface area contributed by atoms with E-state index in [2.05, 4.69) is 0 Å². The number of carbonyl (C=O) groups is 1. The number of esters is 1. The van der Waals surface area contributed by atoms with Crippen LogP contribution in [0.5, 0.6) is 11.5 Å². The number of cyclic esters (lactones) is 1. The van der Waals surface area contributed by atoms with Gasteiger partial charge in [0, 0.05) is 5.92 Å². The van der Waals surface area contributed by atoms with Crippen LogP contribution in [0.1, 0.15) is 17.2 Å². The van der Waals surface area contributed by atoms with Gasteiger partial charge in [0.15, 0.2) is 11.5 Å². The van der Waals surface area contributed by atoms with Crippen LogP contribution >= 0.6 is 0 Å². The molecule has 5 nitrogen and oxygen atoms in total. The van der Waals surface area contributed by atoms with E-state index in [0.29, 0.717) is 24.5 Å². The van der Waals surface area contributed by atoms with Crippen molar-refractivity contribution in [3.8, 4) is 11.5 Å². The Hall–Kier alpha value is -1.75. The minimum absolute atomic E-state index is 0.134. The van der Waals surface area contributed by atoms with Gasteiger partial charge in [-0.2, -0.15) is 0 Å². The second-order valence-electron chi connectivity index (χ2n) is 4.95. The van der Waals surface area contributed by atoms with E-state index in [-0.39, 0.29) is 24.6 Å². The van der Waals surface area contributed by atoms with Gasteiger partial charge >= 0.3 is 5.97 Å². The molecule has 1 N–H and O–H groups in total. The summed E-state index contributed by atoms with van der Waals surface area (Å²) in [6.07, 6.45) is -0.0632. The Bertz CT molecular complexity index is 538. The number of benzene rings is 1. The first-order valence-corrected chi connectivity index (χ1v) is 6.01. The molecule has 4 rings (SSSR count). The summed E-state index contributed by atoms with van der Waals surface area (Å²) in [5.74, 6) is 0.780. The van der Waals surface area contributed by atoms with Gasteiger partial charge in [-0.1, -0.05) is 0 Å². The molecule has 1 aromatic carbocycles. The summed E-state index contributed by atoms with van der Waals surface area (Å²) in [6.45, 7) is 0.516. The van der Waals surface area contributed by atoms with Crippen molar-refractivity contribution in [3.63, 3.8) is 0 Å². The van der Waals surface area contributed by atoms with Crippen molar-refractivity contribution in [2.75, 3.05) is 13.4 Å². The molecule has 18 heavy (non-hydrogen) atoms. The van der Waals surface area contributed by atoms with E-state index < -0.39 is 6.10 Å². The number of hydrogen-bond donors (Lipinski definition) is 1. The third kappa shape index (κ3) is 1.22.